The van der Waals surface area contributed by atoms with Gasteiger partial charge in [0.25, 0.3) is 0 Å². The summed E-state index contributed by atoms with van der Waals surface area (Å²) in [6.45, 7) is 5.98. The fourth-order valence-electron chi connectivity index (χ4n) is 2.18. The van der Waals surface area contributed by atoms with E-state index >= 15 is 0 Å². The lowest BCUT2D eigenvalue weighted by atomic mass is 9.97. The molecule has 0 unspecified atom stereocenters. The molecule has 0 fully saturated rings. The molecule has 0 saturated carbocycles. The smallest absolute Gasteiger partial charge is 0.150 e. The summed E-state index contributed by atoms with van der Waals surface area (Å²) < 4.78 is 14.5. The van der Waals surface area contributed by atoms with E-state index in [-0.39, 0.29) is 11.7 Å². The predicted molar refractivity (Wildman–Crippen MR) is 72.6 cm³/mol. The van der Waals surface area contributed by atoms with E-state index in [9.17, 15) is 4.39 Å². The number of anilines is 1. The van der Waals surface area contributed by atoms with Crippen molar-refractivity contribution in [1.29, 1.82) is 0 Å². The summed E-state index contributed by atoms with van der Waals surface area (Å²) in [6.07, 6.45) is 0. The van der Waals surface area contributed by atoms with Crippen LogP contribution in [0.4, 0.5) is 10.1 Å². The third-order valence-corrected chi connectivity index (χ3v) is 3.31. The van der Waals surface area contributed by atoms with Gasteiger partial charge in [0, 0.05) is 21.2 Å². The van der Waals surface area contributed by atoms with Crippen LogP contribution >= 0.6 is 15.9 Å². The highest BCUT2D eigenvalue weighted by Gasteiger charge is 2.15. The number of rotatable bonds is 1. The quantitative estimate of drug-likeness (QED) is 0.858. The van der Waals surface area contributed by atoms with Crippen molar-refractivity contribution in [1.82, 2.24) is 4.98 Å². The molecule has 1 heterocycles. The maximum Gasteiger partial charge on any atom is 0.150 e. The number of halogens is 2. The van der Waals surface area contributed by atoms with Crippen LogP contribution in [-0.2, 0) is 0 Å². The van der Waals surface area contributed by atoms with Gasteiger partial charge in [-0.25, -0.2) is 9.37 Å². The molecule has 0 saturated heterocycles. The number of nitrogen functional groups attached to an aromatic ring is 1. The summed E-state index contributed by atoms with van der Waals surface area (Å²) in [4.78, 5) is 4.32. The van der Waals surface area contributed by atoms with Gasteiger partial charge >= 0.3 is 0 Å². The van der Waals surface area contributed by atoms with Gasteiger partial charge < -0.3 is 5.73 Å². The van der Waals surface area contributed by atoms with Crippen molar-refractivity contribution in [3.05, 3.63) is 33.7 Å². The van der Waals surface area contributed by atoms with Crippen molar-refractivity contribution in [2.45, 2.75) is 26.7 Å². The van der Waals surface area contributed by atoms with E-state index in [2.05, 4.69) is 34.8 Å². The highest BCUT2D eigenvalue weighted by molar-refractivity contribution is 9.10. The molecule has 90 valence electrons. The second-order valence-corrected chi connectivity index (χ2v) is 5.38. The maximum atomic E-state index is 13.8. The Labute approximate surface area is 108 Å². The SMILES string of the molecule is Cc1nc2c(F)cc(Br)cc2c(N)c1C(C)C. The molecule has 0 spiro atoms. The number of pyridine rings is 1. The zero-order valence-corrected chi connectivity index (χ0v) is 11.6. The van der Waals surface area contributed by atoms with E-state index in [1.165, 1.54) is 6.07 Å². The average Bonchev–Trinajstić information content (AvgIpc) is 2.19. The summed E-state index contributed by atoms with van der Waals surface area (Å²) in [5, 5.41) is 0.672. The molecule has 1 aromatic carbocycles. The Morgan fingerprint density at radius 2 is 2.00 bits per heavy atom. The van der Waals surface area contributed by atoms with Gasteiger partial charge in [-0.2, -0.15) is 0 Å². The minimum atomic E-state index is -0.348. The Morgan fingerprint density at radius 3 is 2.59 bits per heavy atom. The van der Waals surface area contributed by atoms with E-state index in [0.29, 0.717) is 21.1 Å². The van der Waals surface area contributed by atoms with Crippen LogP contribution in [0.3, 0.4) is 0 Å². The highest BCUT2D eigenvalue weighted by atomic mass is 79.9. The van der Waals surface area contributed by atoms with Crippen molar-refractivity contribution in [2.75, 3.05) is 5.73 Å². The van der Waals surface area contributed by atoms with Crippen LogP contribution in [0.25, 0.3) is 10.9 Å². The molecule has 17 heavy (non-hydrogen) atoms. The van der Waals surface area contributed by atoms with E-state index in [1.54, 1.807) is 0 Å². The summed E-state index contributed by atoms with van der Waals surface area (Å²) >= 11 is 3.27. The van der Waals surface area contributed by atoms with Crippen LogP contribution in [-0.4, -0.2) is 4.98 Å². The van der Waals surface area contributed by atoms with Crippen LogP contribution in [0.15, 0.2) is 16.6 Å². The van der Waals surface area contributed by atoms with E-state index in [4.69, 9.17) is 5.73 Å². The molecule has 0 aliphatic carbocycles. The third kappa shape index (κ3) is 2.02. The fraction of sp³-hybridized carbons (Fsp3) is 0.308. The van der Waals surface area contributed by atoms with Gasteiger partial charge in [0.15, 0.2) is 5.82 Å². The monoisotopic (exact) mass is 296 g/mol. The van der Waals surface area contributed by atoms with E-state index < -0.39 is 0 Å². The van der Waals surface area contributed by atoms with Crippen molar-refractivity contribution in [2.24, 2.45) is 0 Å². The number of aromatic nitrogens is 1. The molecular weight excluding hydrogens is 283 g/mol. The van der Waals surface area contributed by atoms with Crippen LogP contribution in [0.5, 0.6) is 0 Å². The first-order valence-electron chi connectivity index (χ1n) is 5.46. The second kappa shape index (κ2) is 4.26. The Balaban J connectivity index is 2.92. The van der Waals surface area contributed by atoms with Gasteiger partial charge in [-0.15, -0.1) is 0 Å². The molecule has 0 bridgehead atoms. The Kier molecular flexibility index (Phi) is 3.08. The van der Waals surface area contributed by atoms with Crippen LogP contribution < -0.4 is 5.73 Å². The maximum absolute atomic E-state index is 13.8. The zero-order chi connectivity index (χ0) is 12.7. The molecule has 2 nitrogen and oxygen atoms in total. The number of hydrogen-bond donors (Lipinski definition) is 1. The first kappa shape index (κ1) is 12.3. The number of benzene rings is 1. The summed E-state index contributed by atoms with van der Waals surface area (Å²) in [5.41, 5.74) is 8.89. The normalized spacial score (nSPS) is 11.4. The summed E-state index contributed by atoms with van der Waals surface area (Å²) in [7, 11) is 0. The molecule has 0 atom stereocenters. The molecule has 4 heteroatoms. The molecule has 2 N–H and O–H groups in total. The van der Waals surface area contributed by atoms with Gasteiger partial charge in [0.2, 0.25) is 0 Å². The van der Waals surface area contributed by atoms with Crippen LogP contribution in [0, 0.1) is 12.7 Å². The zero-order valence-electron chi connectivity index (χ0n) is 10.0. The van der Waals surface area contributed by atoms with Crippen molar-refractivity contribution in [3.63, 3.8) is 0 Å². The van der Waals surface area contributed by atoms with Crippen molar-refractivity contribution in [3.8, 4) is 0 Å². The fourth-order valence-corrected chi connectivity index (χ4v) is 2.61. The van der Waals surface area contributed by atoms with Gasteiger partial charge in [-0.05, 0) is 30.5 Å². The minimum absolute atomic E-state index is 0.272. The number of aryl methyl sites for hydroxylation is 1. The van der Waals surface area contributed by atoms with Gasteiger partial charge in [0.05, 0.1) is 0 Å². The average molecular weight is 297 g/mol. The molecule has 2 rings (SSSR count). The predicted octanol–water partition coefficient (Wildman–Crippen LogP) is 4.15. The lowest BCUT2D eigenvalue weighted by Gasteiger charge is -2.15. The Hall–Kier alpha value is -1.16. The molecule has 0 aliphatic heterocycles. The molecule has 2 aromatic rings. The number of nitrogens with two attached hydrogens (primary N) is 1. The Bertz CT molecular complexity index is 594. The van der Waals surface area contributed by atoms with E-state index in [1.807, 2.05) is 13.0 Å². The largest absolute Gasteiger partial charge is 0.398 e. The Morgan fingerprint density at radius 1 is 1.35 bits per heavy atom. The first-order chi connectivity index (χ1) is 7.91. The van der Waals surface area contributed by atoms with Crippen LogP contribution in [0.1, 0.15) is 31.0 Å². The number of hydrogen-bond acceptors (Lipinski definition) is 2. The van der Waals surface area contributed by atoms with Gasteiger partial charge in [-0.1, -0.05) is 29.8 Å². The lowest BCUT2D eigenvalue weighted by Crippen LogP contribution is -2.04. The molecule has 0 amide bonds. The number of fused-ring (bicyclic) bond motifs is 1. The first-order valence-corrected chi connectivity index (χ1v) is 6.25. The third-order valence-electron chi connectivity index (χ3n) is 2.86. The lowest BCUT2D eigenvalue weighted by molar-refractivity contribution is 0.635. The standard InChI is InChI=1S/C13H14BrFN2/c1-6(2)11-7(3)17-13-9(12(11)16)4-8(14)5-10(13)15/h4-6H,1-3H3,(H2,16,17). The molecular formula is C13H14BrFN2. The molecule has 0 aliphatic rings. The molecule has 1 aromatic heterocycles. The highest BCUT2D eigenvalue weighted by Crippen LogP contribution is 2.33. The summed E-state index contributed by atoms with van der Waals surface area (Å²) in [6, 6.07) is 3.22. The van der Waals surface area contributed by atoms with Crippen molar-refractivity contribution < 1.29 is 4.39 Å². The van der Waals surface area contributed by atoms with Gasteiger partial charge in [-0.3, -0.25) is 0 Å². The minimum Gasteiger partial charge on any atom is -0.398 e. The van der Waals surface area contributed by atoms with Gasteiger partial charge in [0.1, 0.15) is 5.52 Å². The van der Waals surface area contributed by atoms with Crippen molar-refractivity contribution >= 4 is 32.5 Å². The second-order valence-electron chi connectivity index (χ2n) is 4.46. The summed E-state index contributed by atoms with van der Waals surface area (Å²) in [5.74, 6) is -0.0755. The number of nitrogens with zero attached hydrogens (tertiary/aromatic N) is 1. The van der Waals surface area contributed by atoms with Crippen LogP contribution in [0.2, 0.25) is 0 Å². The van der Waals surface area contributed by atoms with E-state index in [0.717, 1.165) is 11.3 Å². The molecule has 0 radical (unpaired) electrons. The topological polar surface area (TPSA) is 38.9 Å².